The Morgan fingerprint density at radius 1 is 1.08 bits per heavy atom. The Balaban J connectivity index is 1.39. The largest absolute Gasteiger partial charge is 0.507 e. The molecule has 2 unspecified atom stereocenters. The summed E-state index contributed by atoms with van der Waals surface area (Å²) >= 11 is 2.77. The number of carbonyl (C=O) groups excluding carboxylic acids is 2. The number of aromatic nitrogens is 2. The van der Waals surface area contributed by atoms with E-state index in [2.05, 4.69) is 10.2 Å². The van der Waals surface area contributed by atoms with E-state index in [1.807, 2.05) is 74.5 Å². The molecule has 4 aromatic rings. The van der Waals surface area contributed by atoms with Crippen molar-refractivity contribution in [2.45, 2.75) is 42.5 Å². The van der Waals surface area contributed by atoms with Crippen molar-refractivity contribution in [2.75, 3.05) is 4.90 Å². The Morgan fingerprint density at radius 2 is 1.85 bits per heavy atom. The highest BCUT2D eigenvalue weighted by atomic mass is 32.2. The van der Waals surface area contributed by atoms with E-state index in [0.29, 0.717) is 32.8 Å². The van der Waals surface area contributed by atoms with Gasteiger partial charge in [-0.3, -0.25) is 14.5 Å². The molecule has 1 fully saturated rings. The van der Waals surface area contributed by atoms with E-state index in [1.54, 1.807) is 12.1 Å². The summed E-state index contributed by atoms with van der Waals surface area (Å²) in [6, 6.07) is 22.1. The van der Waals surface area contributed by atoms with Crippen LogP contribution in [0.2, 0.25) is 0 Å². The van der Waals surface area contributed by atoms with Crippen molar-refractivity contribution >= 4 is 45.7 Å². The van der Waals surface area contributed by atoms with E-state index in [4.69, 9.17) is 4.74 Å². The number of anilines is 1. The van der Waals surface area contributed by atoms with Crippen molar-refractivity contribution in [3.8, 4) is 5.75 Å². The number of amides is 1. The van der Waals surface area contributed by atoms with Crippen LogP contribution in [0.3, 0.4) is 0 Å². The van der Waals surface area contributed by atoms with E-state index >= 15 is 0 Å². The number of hydrogen-bond acceptors (Lipinski definition) is 8. The third kappa shape index (κ3) is 4.84. The molecule has 3 aromatic carbocycles. The molecule has 0 spiro atoms. The number of Topliss-reactive ketones (excluding diaryl/α,β-unsaturated/α-hetero) is 1. The van der Waals surface area contributed by atoms with Crippen molar-refractivity contribution in [1.29, 1.82) is 0 Å². The SMILES string of the molecule is Cc1ccc(C2/C(=C(\O)c3ccc4c(c3)CC(C)O4)C(=O)C(=O)N2c2nnc(SCc3ccccc3)s2)cc1. The summed E-state index contributed by atoms with van der Waals surface area (Å²) in [6.45, 7) is 3.95. The normalized spacial score (nSPS) is 19.8. The van der Waals surface area contributed by atoms with Gasteiger partial charge in [-0.05, 0) is 48.7 Å². The topological polar surface area (TPSA) is 92.6 Å². The molecule has 1 amide bonds. The van der Waals surface area contributed by atoms with Gasteiger partial charge in [-0.25, -0.2) is 0 Å². The minimum absolute atomic E-state index is 0.0319. The van der Waals surface area contributed by atoms with Crippen molar-refractivity contribution < 1.29 is 19.4 Å². The molecule has 39 heavy (non-hydrogen) atoms. The van der Waals surface area contributed by atoms with Crippen LogP contribution in [0.5, 0.6) is 5.75 Å². The van der Waals surface area contributed by atoms with Gasteiger partial charge in [-0.2, -0.15) is 0 Å². The molecule has 1 N–H and O–H groups in total. The third-order valence-corrected chi connectivity index (χ3v) is 8.94. The number of nitrogens with zero attached hydrogens (tertiary/aromatic N) is 3. The number of carbonyl (C=O) groups is 2. The van der Waals surface area contributed by atoms with Gasteiger partial charge in [0, 0.05) is 17.7 Å². The number of benzene rings is 3. The summed E-state index contributed by atoms with van der Waals surface area (Å²) < 4.78 is 6.48. The molecule has 196 valence electrons. The second kappa shape index (κ2) is 10.3. The van der Waals surface area contributed by atoms with Crippen LogP contribution in [0, 0.1) is 6.92 Å². The Hall–Kier alpha value is -3.95. The molecular weight excluding hydrogens is 530 g/mol. The number of ketones is 1. The first-order valence-electron chi connectivity index (χ1n) is 12.6. The summed E-state index contributed by atoms with van der Waals surface area (Å²) in [5, 5.41) is 20.4. The molecule has 0 aliphatic carbocycles. The van der Waals surface area contributed by atoms with Crippen LogP contribution < -0.4 is 9.64 Å². The number of rotatable bonds is 6. The number of hydrogen-bond donors (Lipinski definition) is 1. The standard InChI is InChI=1S/C30H25N3O4S2/c1-17-8-10-20(11-9-17)25-24(26(34)21-12-13-23-22(15-21)14-18(2)37-23)27(35)28(36)33(25)29-31-32-30(39-29)38-16-19-6-4-3-5-7-19/h3-13,15,18,25,34H,14,16H2,1-2H3/b26-24+. The van der Waals surface area contributed by atoms with Gasteiger partial charge in [-0.15, -0.1) is 10.2 Å². The lowest BCUT2D eigenvalue weighted by atomic mass is 9.94. The summed E-state index contributed by atoms with van der Waals surface area (Å²) in [7, 11) is 0. The predicted molar refractivity (Wildman–Crippen MR) is 152 cm³/mol. The average molecular weight is 556 g/mol. The predicted octanol–water partition coefficient (Wildman–Crippen LogP) is 6.09. The molecule has 0 radical (unpaired) electrons. The van der Waals surface area contributed by atoms with E-state index in [9.17, 15) is 14.7 Å². The monoisotopic (exact) mass is 555 g/mol. The Morgan fingerprint density at radius 3 is 2.62 bits per heavy atom. The molecular formula is C30H25N3O4S2. The lowest BCUT2D eigenvalue weighted by Crippen LogP contribution is -2.29. The highest BCUT2D eigenvalue weighted by Gasteiger charge is 2.48. The fourth-order valence-corrected chi connectivity index (χ4v) is 6.72. The molecule has 6 rings (SSSR count). The Kier molecular flexibility index (Phi) is 6.70. The van der Waals surface area contributed by atoms with Gasteiger partial charge in [-0.1, -0.05) is 83.3 Å². The lowest BCUT2D eigenvalue weighted by Gasteiger charge is -2.22. The van der Waals surface area contributed by atoms with Gasteiger partial charge in [0.1, 0.15) is 17.6 Å². The summed E-state index contributed by atoms with van der Waals surface area (Å²) in [4.78, 5) is 28.3. The second-order valence-corrected chi connectivity index (χ2v) is 11.8. The fraction of sp³-hybridized carbons (Fsp3) is 0.200. The van der Waals surface area contributed by atoms with E-state index in [1.165, 1.54) is 28.0 Å². The van der Waals surface area contributed by atoms with Crippen LogP contribution in [0.1, 0.15) is 40.8 Å². The summed E-state index contributed by atoms with van der Waals surface area (Å²) in [5.74, 6) is -0.236. The molecule has 0 bridgehead atoms. The van der Waals surface area contributed by atoms with Crippen molar-refractivity contribution in [3.63, 3.8) is 0 Å². The van der Waals surface area contributed by atoms with Crippen LogP contribution >= 0.6 is 23.1 Å². The number of thioether (sulfide) groups is 1. The van der Waals surface area contributed by atoms with Gasteiger partial charge in [0.25, 0.3) is 5.78 Å². The van der Waals surface area contributed by atoms with Crippen molar-refractivity contribution in [2.24, 2.45) is 0 Å². The molecule has 1 saturated heterocycles. The zero-order valence-electron chi connectivity index (χ0n) is 21.3. The van der Waals surface area contributed by atoms with Gasteiger partial charge in [0.2, 0.25) is 5.13 Å². The first-order chi connectivity index (χ1) is 18.9. The lowest BCUT2D eigenvalue weighted by molar-refractivity contribution is -0.132. The minimum atomic E-state index is -0.839. The molecule has 2 aliphatic rings. The zero-order valence-corrected chi connectivity index (χ0v) is 23.0. The molecule has 2 atom stereocenters. The van der Waals surface area contributed by atoms with Gasteiger partial charge in [0.15, 0.2) is 4.34 Å². The van der Waals surface area contributed by atoms with Crippen molar-refractivity contribution in [3.05, 3.63) is 106 Å². The third-order valence-electron chi connectivity index (χ3n) is 6.81. The zero-order chi connectivity index (χ0) is 27.1. The van der Waals surface area contributed by atoms with Gasteiger partial charge in [0.05, 0.1) is 11.6 Å². The van der Waals surface area contributed by atoms with Crippen LogP contribution in [0.4, 0.5) is 5.13 Å². The number of aliphatic hydroxyl groups excluding tert-OH is 1. The van der Waals surface area contributed by atoms with Gasteiger partial charge < -0.3 is 9.84 Å². The maximum Gasteiger partial charge on any atom is 0.301 e. The highest BCUT2D eigenvalue weighted by molar-refractivity contribution is 8.00. The second-order valence-electron chi connectivity index (χ2n) is 9.66. The quantitative estimate of drug-likeness (QED) is 0.101. The molecule has 7 nitrogen and oxygen atoms in total. The molecule has 2 aliphatic heterocycles. The molecule has 3 heterocycles. The van der Waals surface area contributed by atoms with Crippen LogP contribution in [0.25, 0.3) is 5.76 Å². The molecule has 0 saturated carbocycles. The maximum absolute atomic E-state index is 13.5. The smallest absolute Gasteiger partial charge is 0.301 e. The fourth-order valence-electron chi connectivity index (χ4n) is 4.90. The van der Waals surface area contributed by atoms with Crippen molar-refractivity contribution in [1.82, 2.24) is 10.2 Å². The Labute approximate surface area is 234 Å². The molecule has 1 aromatic heterocycles. The first kappa shape index (κ1) is 25.3. The summed E-state index contributed by atoms with van der Waals surface area (Å²) in [6.07, 6.45) is 0.752. The van der Waals surface area contributed by atoms with E-state index in [-0.39, 0.29) is 17.4 Å². The average Bonchev–Trinajstić information content (AvgIpc) is 3.63. The Bertz CT molecular complexity index is 1600. The van der Waals surface area contributed by atoms with E-state index in [0.717, 1.165) is 22.4 Å². The van der Waals surface area contributed by atoms with E-state index < -0.39 is 17.7 Å². The summed E-state index contributed by atoms with van der Waals surface area (Å²) in [5.41, 5.74) is 4.35. The van der Waals surface area contributed by atoms with Crippen LogP contribution in [0.15, 0.2) is 82.7 Å². The van der Waals surface area contributed by atoms with Crippen LogP contribution in [-0.4, -0.2) is 33.1 Å². The number of aliphatic hydroxyl groups is 1. The highest BCUT2D eigenvalue weighted by Crippen LogP contribution is 2.44. The van der Waals surface area contributed by atoms with Crippen LogP contribution in [-0.2, 0) is 21.8 Å². The number of fused-ring (bicyclic) bond motifs is 1. The maximum atomic E-state index is 13.5. The minimum Gasteiger partial charge on any atom is -0.507 e. The van der Waals surface area contributed by atoms with Gasteiger partial charge >= 0.3 is 5.91 Å². The number of ether oxygens (including phenoxy) is 1. The number of aryl methyl sites for hydroxylation is 1. The first-order valence-corrected chi connectivity index (χ1v) is 14.4. The molecule has 9 heteroatoms.